The van der Waals surface area contributed by atoms with Gasteiger partial charge in [-0.1, -0.05) is 42.5 Å². The van der Waals surface area contributed by atoms with Gasteiger partial charge in [-0.2, -0.15) is 0 Å². The number of carboxylic acid groups (broad SMARTS) is 2. The van der Waals surface area contributed by atoms with Crippen LogP contribution in [0.1, 0.15) is 43.2 Å². The van der Waals surface area contributed by atoms with Crippen molar-refractivity contribution in [1.82, 2.24) is 16.0 Å². The molecule has 1 aliphatic heterocycles. The van der Waals surface area contributed by atoms with Crippen LogP contribution < -0.4 is 16.0 Å². The molecule has 1 heterocycles. The van der Waals surface area contributed by atoms with Crippen LogP contribution in [0.4, 0.5) is 0 Å². The van der Waals surface area contributed by atoms with Gasteiger partial charge in [-0.25, -0.2) is 4.79 Å². The highest BCUT2D eigenvalue weighted by Gasteiger charge is 2.51. The first-order valence-electron chi connectivity index (χ1n) is 13.4. The van der Waals surface area contributed by atoms with Gasteiger partial charge in [0.25, 0.3) is 11.8 Å². The number of carbonyl (C=O) groups is 5. The number of ether oxygens (including phenoxy) is 1. The number of phenolic OH excluding ortho intramolecular Hbond substituents is 1. The highest BCUT2D eigenvalue weighted by Crippen LogP contribution is 2.23. The van der Waals surface area contributed by atoms with E-state index in [0.717, 1.165) is 12.8 Å². The average Bonchev–Trinajstić information content (AvgIpc) is 3.75. The number of carbonyl (C=O) groups excluding carboxylic acids is 3. The summed E-state index contributed by atoms with van der Waals surface area (Å²) in [6, 6.07) is 13.4. The van der Waals surface area contributed by atoms with Gasteiger partial charge < -0.3 is 36.0 Å². The summed E-state index contributed by atoms with van der Waals surface area (Å²) in [6.45, 7) is 0.375. The topological polar surface area (TPSA) is 195 Å². The Morgan fingerprint density at radius 2 is 1.41 bits per heavy atom. The predicted molar refractivity (Wildman–Crippen MR) is 146 cm³/mol. The molecule has 1 aliphatic rings. The van der Waals surface area contributed by atoms with Gasteiger partial charge in [0.05, 0.1) is 0 Å². The van der Waals surface area contributed by atoms with Gasteiger partial charge in [-0.3, -0.25) is 19.2 Å². The molecule has 1 saturated heterocycles. The van der Waals surface area contributed by atoms with Crippen molar-refractivity contribution < 1.29 is 44.0 Å². The Morgan fingerprint density at radius 1 is 0.780 bits per heavy atom. The van der Waals surface area contributed by atoms with E-state index in [2.05, 4.69) is 16.0 Å². The van der Waals surface area contributed by atoms with E-state index in [4.69, 9.17) is 9.84 Å². The molecule has 0 bridgehead atoms. The monoisotopic (exact) mass is 569 g/mol. The fourth-order valence-electron chi connectivity index (χ4n) is 4.25. The second kappa shape index (κ2) is 15.4. The van der Waals surface area contributed by atoms with Crippen LogP contribution in [0.15, 0.2) is 54.6 Å². The Hall–Kier alpha value is -4.45. The molecule has 2 aromatic rings. The summed E-state index contributed by atoms with van der Waals surface area (Å²) in [7, 11) is 0. The van der Waals surface area contributed by atoms with Crippen LogP contribution in [0.5, 0.6) is 5.75 Å². The van der Waals surface area contributed by atoms with Crippen LogP contribution in [-0.2, 0) is 41.6 Å². The minimum absolute atomic E-state index is 0.0166. The van der Waals surface area contributed by atoms with E-state index in [1.54, 1.807) is 0 Å². The molecular weight excluding hydrogens is 534 g/mol. The molecule has 4 atom stereocenters. The SMILES string of the molecule is O=C(O)CCC[C@H](NC(=O)[C@H]1O[C@@H]1C(=O)N[C@@H](Cc1ccc(O)cc1)C(=O)O)C(=O)NCCCCc1ccccc1. The smallest absolute Gasteiger partial charge is 0.326 e. The Balaban J connectivity index is 1.48. The number of amides is 3. The number of rotatable bonds is 17. The van der Waals surface area contributed by atoms with Gasteiger partial charge in [0, 0.05) is 19.4 Å². The molecule has 0 aliphatic carbocycles. The molecule has 0 aromatic heterocycles. The number of unbranched alkanes of at least 4 members (excludes halogenated alkanes) is 1. The number of phenols is 1. The molecule has 0 radical (unpaired) electrons. The molecular formula is C29H35N3O9. The standard InChI is InChI=1S/C29H35N3O9/c33-20-14-12-19(13-15-20)17-22(29(39)40)32-28(38)25-24(41-25)27(37)31-21(10-6-11-23(34)35)26(36)30-16-5-4-9-18-7-2-1-3-8-18/h1-3,7-8,12-15,21-22,24-25,33H,4-6,9-11,16-17H2,(H,30,36)(H,31,37)(H,32,38)(H,34,35)(H,39,40)/t21-,22-,24-,25-/m0/s1. The molecule has 2 aromatic carbocycles. The zero-order valence-electron chi connectivity index (χ0n) is 22.5. The van der Waals surface area contributed by atoms with Crippen molar-refractivity contribution in [2.45, 2.75) is 69.2 Å². The first kappa shape index (κ1) is 31.1. The molecule has 12 heteroatoms. The first-order chi connectivity index (χ1) is 19.6. The number of aryl methyl sites for hydroxylation is 1. The fraction of sp³-hybridized carbons (Fsp3) is 0.414. The van der Waals surface area contributed by atoms with E-state index >= 15 is 0 Å². The fourth-order valence-corrected chi connectivity index (χ4v) is 4.25. The maximum Gasteiger partial charge on any atom is 0.326 e. The second-order valence-electron chi connectivity index (χ2n) is 9.83. The van der Waals surface area contributed by atoms with Crippen LogP contribution in [-0.4, -0.2) is 75.8 Å². The van der Waals surface area contributed by atoms with Crippen molar-refractivity contribution >= 4 is 29.7 Å². The van der Waals surface area contributed by atoms with Crippen molar-refractivity contribution in [2.75, 3.05) is 6.54 Å². The normalized spacial score (nSPS) is 17.1. The largest absolute Gasteiger partial charge is 0.508 e. The number of hydrogen-bond donors (Lipinski definition) is 6. The van der Waals surface area contributed by atoms with Crippen LogP contribution >= 0.6 is 0 Å². The molecule has 0 unspecified atom stereocenters. The zero-order chi connectivity index (χ0) is 29.8. The Bertz CT molecular complexity index is 1200. The maximum atomic E-state index is 12.8. The highest BCUT2D eigenvalue weighted by molar-refractivity contribution is 5.98. The van der Waals surface area contributed by atoms with Gasteiger partial charge >= 0.3 is 11.9 Å². The third kappa shape index (κ3) is 10.6. The lowest BCUT2D eigenvalue weighted by Crippen LogP contribution is -2.49. The maximum absolute atomic E-state index is 12.8. The lowest BCUT2D eigenvalue weighted by atomic mass is 10.1. The van der Waals surface area contributed by atoms with Gasteiger partial charge in [0.15, 0.2) is 12.2 Å². The second-order valence-corrected chi connectivity index (χ2v) is 9.83. The summed E-state index contributed by atoms with van der Waals surface area (Å²) in [5, 5.41) is 35.5. The Kier molecular flexibility index (Phi) is 11.6. The molecule has 41 heavy (non-hydrogen) atoms. The lowest BCUT2D eigenvalue weighted by molar-refractivity contribution is -0.142. The lowest BCUT2D eigenvalue weighted by Gasteiger charge is -2.18. The molecule has 6 N–H and O–H groups in total. The minimum atomic E-state index is -1.30. The molecule has 12 nitrogen and oxygen atoms in total. The van der Waals surface area contributed by atoms with Crippen molar-refractivity contribution in [2.24, 2.45) is 0 Å². The van der Waals surface area contributed by atoms with E-state index in [0.29, 0.717) is 18.5 Å². The summed E-state index contributed by atoms with van der Waals surface area (Å²) in [6.07, 6.45) is -0.0380. The van der Waals surface area contributed by atoms with E-state index in [1.807, 2.05) is 30.3 Å². The summed E-state index contributed by atoms with van der Waals surface area (Å²) in [5.41, 5.74) is 1.76. The third-order valence-corrected chi connectivity index (χ3v) is 6.55. The summed E-state index contributed by atoms with van der Waals surface area (Å²) in [4.78, 5) is 60.7. The molecule has 3 amide bonds. The third-order valence-electron chi connectivity index (χ3n) is 6.55. The highest BCUT2D eigenvalue weighted by atomic mass is 16.6. The number of aliphatic carboxylic acids is 2. The quantitative estimate of drug-likeness (QED) is 0.120. The van der Waals surface area contributed by atoms with Gasteiger partial charge in [0.2, 0.25) is 5.91 Å². The predicted octanol–water partition coefficient (Wildman–Crippen LogP) is 1.15. The Labute approximate surface area is 237 Å². The molecule has 1 fully saturated rings. The Morgan fingerprint density at radius 3 is 2.02 bits per heavy atom. The molecule has 0 spiro atoms. The summed E-state index contributed by atoms with van der Waals surface area (Å²) >= 11 is 0. The number of epoxide rings is 1. The minimum Gasteiger partial charge on any atom is -0.508 e. The summed E-state index contributed by atoms with van der Waals surface area (Å²) in [5.74, 6) is -4.28. The number of benzene rings is 2. The van der Waals surface area contributed by atoms with Crippen LogP contribution in [0.3, 0.4) is 0 Å². The van der Waals surface area contributed by atoms with Crippen molar-refractivity contribution in [3.63, 3.8) is 0 Å². The van der Waals surface area contributed by atoms with Gasteiger partial charge in [0.1, 0.15) is 17.8 Å². The number of carboxylic acids is 2. The van der Waals surface area contributed by atoms with Crippen LogP contribution in [0, 0.1) is 0 Å². The van der Waals surface area contributed by atoms with Crippen molar-refractivity contribution in [1.29, 1.82) is 0 Å². The molecule has 3 rings (SSSR count). The zero-order valence-corrected chi connectivity index (χ0v) is 22.5. The average molecular weight is 570 g/mol. The summed E-state index contributed by atoms with van der Waals surface area (Å²) < 4.78 is 5.19. The number of nitrogens with one attached hydrogen (secondary N) is 3. The van der Waals surface area contributed by atoms with Crippen molar-refractivity contribution in [3.05, 3.63) is 65.7 Å². The molecule has 220 valence electrons. The van der Waals surface area contributed by atoms with Gasteiger partial charge in [-0.15, -0.1) is 0 Å². The van der Waals surface area contributed by atoms with E-state index in [-0.39, 0.29) is 31.4 Å². The molecule has 0 saturated carbocycles. The number of hydrogen-bond acceptors (Lipinski definition) is 7. The first-order valence-corrected chi connectivity index (χ1v) is 13.4. The van der Waals surface area contributed by atoms with Crippen LogP contribution in [0.2, 0.25) is 0 Å². The van der Waals surface area contributed by atoms with Crippen LogP contribution in [0.25, 0.3) is 0 Å². The van der Waals surface area contributed by atoms with Gasteiger partial charge in [-0.05, 0) is 55.4 Å². The van der Waals surface area contributed by atoms with E-state index in [9.17, 15) is 34.2 Å². The van der Waals surface area contributed by atoms with E-state index < -0.39 is 54.0 Å². The number of aromatic hydroxyl groups is 1. The van der Waals surface area contributed by atoms with Crippen molar-refractivity contribution in [3.8, 4) is 5.75 Å². The van der Waals surface area contributed by atoms with E-state index in [1.165, 1.54) is 29.8 Å².